The quantitative estimate of drug-likeness (QED) is 0.687. The van der Waals surface area contributed by atoms with E-state index in [0.29, 0.717) is 24.1 Å². The van der Waals surface area contributed by atoms with Crippen LogP contribution in [0.2, 0.25) is 0 Å². The third-order valence-corrected chi connectivity index (χ3v) is 3.02. The number of pyridine rings is 1. The van der Waals surface area contributed by atoms with Gasteiger partial charge in [-0.2, -0.15) is 4.98 Å². The molecule has 98 valence electrons. The van der Waals surface area contributed by atoms with Crippen LogP contribution in [-0.2, 0) is 12.4 Å². The Hall–Kier alpha value is -1.95. The molecule has 3 aromatic rings. The summed E-state index contributed by atoms with van der Waals surface area (Å²) in [5.74, 6) is 2.18. The molecule has 0 aliphatic heterocycles. The lowest BCUT2D eigenvalue weighted by Gasteiger charge is -2.03. The predicted octanol–water partition coefficient (Wildman–Crippen LogP) is 2.22. The van der Waals surface area contributed by atoms with Gasteiger partial charge in [-0.05, 0) is 25.5 Å². The molecule has 0 spiro atoms. The molecule has 0 bridgehead atoms. The average Bonchev–Trinajstić information content (AvgIpc) is 2.94. The second-order valence-corrected chi connectivity index (χ2v) is 4.61. The van der Waals surface area contributed by atoms with E-state index in [1.165, 1.54) is 0 Å². The van der Waals surface area contributed by atoms with Crippen LogP contribution in [0.25, 0.3) is 11.2 Å². The number of alkyl halides is 1. The van der Waals surface area contributed by atoms with Gasteiger partial charge in [0, 0.05) is 6.20 Å². The fraction of sp³-hybridized carbons (Fsp3) is 0.333. The Morgan fingerprint density at radius 3 is 2.84 bits per heavy atom. The maximum absolute atomic E-state index is 5.94. The summed E-state index contributed by atoms with van der Waals surface area (Å²) in [4.78, 5) is 13.1. The van der Waals surface area contributed by atoms with Gasteiger partial charge in [0.25, 0.3) is 0 Å². The number of imidazole rings is 1. The lowest BCUT2D eigenvalue weighted by molar-refractivity contribution is 0.367. The van der Waals surface area contributed by atoms with E-state index < -0.39 is 0 Å². The van der Waals surface area contributed by atoms with Crippen molar-refractivity contribution in [1.82, 2.24) is 24.7 Å². The lowest BCUT2D eigenvalue weighted by Crippen LogP contribution is -2.05. The van der Waals surface area contributed by atoms with Crippen LogP contribution in [0.4, 0.5) is 0 Å². The first-order valence-corrected chi connectivity index (χ1v) is 6.37. The van der Waals surface area contributed by atoms with Crippen LogP contribution in [0.1, 0.15) is 23.1 Å². The normalized spacial score (nSPS) is 11.3. The highest BCUT2D eigenvalue weighted by molar-refractivity contribution is 6.16. The van der Waals surface area contributed by atoms with Gasteiger partial charge in [-0.1, -0.05) is 5.16 Å². The lowest BCUT2D eigenvalue weighted by atomic mass is 10.3. The zero-order valence-electron chi connectivity index (χ0n) is 10.6. The van der Waals surface area contributed by atoms with Gasteiger partial charge in [0.05, 0.1) is 5.88 Å². The van der Waals surface area contributed by atoms with Crippen LogP contribution in [0.3, 0.4) is 0 Å². The molecule has 0 aromatic carbocycles. The third-order valence-electron chi connectivity index (χ3n) is 2.78. The summed E-state index contributed by atoms with van der Waals surface area (Å²) in [6, 6.07) is 1.98. The molecule has 3 heterocycles. The molecule has 0 N–H and O–H groups in total. The van der Waals surface area contributed by atoms with Crippen molar-refractivity contribution in [3.8, 4) is 0 Å². The molecule has 0 aliphatic carbocycles. The smallest absolute Gasteiger partial charge is 0.246 e. The van der Waals surface area contributed by atoms with Gasteiger partial charge < -0.3 is 9.09 Å². The standard InChI is InChI=1S/C12H12ClN5O/c1-7-3-9-12(14-5-7)18(10(4-13)16-9)6-11-15-8(2)17-19-11/h3,5H,4,6H2,1-2H3. The van der Waals surface area contributed by atoms with Crippen LogP contribution < -0.4 is 0 Å². The van der Waals surface area contributed by atoms with Crippen molar-refractivity contribution in [1.29, 1.82) is 0 Å². The summed E-state index contributed by atoms with van der Waals surface area (Å²) >= 11 is 5.94. The second kappa shape index (κ2) is 4.62. The van der Waals surface area contributed by atoms with Crippen molar-refractivity contribution in [2.45, 2.75) is 26.3 Å². The molecule has 6 nitrogen and oxygen atoms in total. The van der Waals surface area contributed by atoms with E-state index in [9.17, 15) is 0 Å². The van der Waals surface area contributed by atoms with Gasteiger partial charge in [-0.3, -0.25) is 0 Å². The van der Waals surface area contributed by atoms with Crippen LogP contribution in [-0.4, -0.2) is 24.7 Å². The van der Waals surface area contributed by atoms with Gasteiger partial charge in [0.2, 0.25) is 5.89 Å². The molecule has 3 rings (SSSR count). The minimum atomic E-state index is 0.308. The Labute approximate surface area is 114 Å². The molecule has 0 saturated carbocycles. The van der Waals surface area contributed by atoms with E-state index in [1.807, 2.05) is 17.6 Å². The Morgan fingerprint density at radius 1 is 1.32 bits per heavy atom. The van der Waals surface area contributed by atoms with Crippen molar-refractivity contribution >= 4 is 22.8 Å². The molecular weight excluding hydrogens is 266 g/mol. The van der Waals surface area contributed by atoms with Crippen molar-refractivity contribution < 1.29 is 4.52 Å². The minimum Gasteiger partial charge on any atom is -0.337 e. The Balaban J connectivity index is 2.10. The van der Waals surface area contributed by atoms with E-state index in [4.69, 9.17) is 16.1 Å². The number of halogens is 1. The average molecular weight is 278 g/mol. The van der Waals surface area contributed by atoms with Gasteiger partial charge in [-0.15, -0.1) is 11.6 Å². The van der Waals surface area contributed by atoms with Crippen molar-refractivity contribution in [2.75, 3.05) is 0 Å². The summed E-state index contributed by atoms with van der Waals surface area (Å²) in [6.45, 7) is 4.19. The molecule has 0 fully saturated rings. The van der Waals surface area contributed by atoms with Crippen LogP contribution in [0.15, 0.2) is 16.8 Å². The number of rotatable bonds is 3. The Bertz CT molecular complexity index is 733. The molecule has 0 radical (unpaired) electrons. The predicted molar refractivity (Wildman–Crippen MR) is 70.0 cm³/mol. The maximum Gasteiger partial charge on any atom is 0.246 e. The molecule has 0 aliphatic rings. The zero-order chi connectivity index (χ0) is 13.4. The number of nitrogens with zero attached hydrogens (tertiary/aromatic N) is 5. The maximum atomic E-state index is 5.94. The second-order valence-electron chi connectivity index (χ2n) is 4.34. The Kier molecular flexibility index (Phi) is 2.94. The van der Waals surface area contributed by atoms with E-state index in [1.54, 1.807) is 13.1 Å². The molecule has 0 amide bonds. The third kappa shape index (κ3) is 2.19. The molecule has 3 aromatic heterocycles. The van der Waals surface area contributed by atoms with Crippen molar-refractivity contribution in [3.05, 3.63) is 35.4 Å². The summed E-state index contributed by atoms with van der Waals surface area (Å²) in [7, 11) is 0. The Morgan fingerprint density at radius 2 is 2.16 bits per heavy atom. The van der Waals surface area contributed by atoms with E-state index >= 15 is 0 Å². The zero-order valence-corrected chi connectivity index (χ0v) is 11.3. The van der Waals surface area contributed by atoms with Crippen molar-refractivity contribution in [3.63, 3.8) is 0 Å². The summed E-state index contributed by atoms with van der Waals surface area (Å²) in [5.41, 5.74) is 2.66. The molecule has 7 heteroatoms. The van der Waals surface area contributed by atoms with Crippen molar-refractivity contribution in [2.24, 2.45) is 0 Å². The highest BCUT2D eigenvalue weighted by atomic mass is 35.5. The van der Waals surface area contributed by atoms with Crippen LogP contribution in [0.5, 0.6) is 0 Å². The summed E-state index contributed by atoms with van der Waals surface area (Å²) < 4.78 is 7.03. The molecule has 0 atom stereocenters. The van der Waals surface area contributed by atoms with E-state index in [0.717, 1.165) is 22.6 Å². The number of fused-ring (bicyclic) bond motifs is 1. The highest BCUT2D eigenvalue weighted by Crippen LogP contribution is 2.18. The topological polar surface area (TPSA) is 69.6 Å². The van der Waals surface area contributed by atoms with Crippen LogP contribution >= 0.6 is 11.6 Å². The number of hydrogen-bond donors (Lipinski definition) is 0. The van der Waals surface area contributed by atoms with E-state index in [-0.39, 0.29) is 0 Å². The SMILES string of the molecule is Cc1cnc2c(c1)nc(CCl)n2Cc1nc(C)no1. The number of aromatic nitrogens is 5. The van der Waals surface area contributed by atoms with E-state index in [2.05, 4.69) is 20.1 Å². The first-order valence-electron chi connectivity index (χ1n) is 5.84. The minimum absolute atomic E-state index is 0.308. The highest BCUT2D eigenvalue weighted by Gasteiger charge is 2.14. The summed E-state index contributed by atoms with van der Waals surface area (Å²) in [5, 5.41) is 3.77. The molecular formula is C12H12ClN5O. The van der Waals surface area contributed by atoms with Gasteiger partial charge >= 0.3 is 0 Å². The molecule has 0 saturated heterocycles. The fourth-order valence-corrected chi connectivity index (χ4v) is 2.17. The first kappa shape index (κ1) is 12.1. The number of aryl methyl sites for hydroxylation is 2. The molecule has 0 unspecified atom stereocenters. The first-order chi connectivity index (χ1) is 9.17. The van der Waals surface area contributed by atoms with Crippen LogP contribution in [0, 0.1) is 13.8 Å². The number of hydrogen-bond acceptors (Lipinski definition) is 5. The fourth-order valence-electron chi connectivity index (χ4n) is 1.97. The van der Waals surface area contributed by atoms with Gasteiger partial charge in [-0.25, -0.2) is 9.97 Å². The van der Waals surface area contributed by atoms with Gasteiger partial charge in [0.1, 0.15) is 17.9 Å². The molecule has 19 heavy (non-hydrogen) atoms. The van der Waals surface area contributed by atoms with Gasteiger partial charge in [0.15, 0.2) is 11.5 Å². The summed E-state index contributed by atoms with van der Waals surface area (Å²) in [6.07, 6.45) is 1.80. The monoisotopic (exact) mass is 277 g/mol. The largest absolute Gasteiger partial charge is 0.337 e.